The summed E-state index contributed by atoms with van der Waals surface area (Å²) in [5, 5.41) is 2.01. The average molecular weight is 892 g/mol. The number of benzene rings is 1. The Hall–Kier alpha value is -3.75. The fourth-order valence-electron chi connectivity index (χ4n) is 6.22. The van der Waals surface area contributed by atoms with Crippen LogP contribution in [0.1, 0.15) is 75.8 Å². The number of nitrogens with zero attached hydrogens (tertiary/aromatic N) is 2. The molecule has 4 rings (SSSR count). The van der Waals surface area contributed by atoms with E-state index in [4.69, 9.17) is 14.2 Å². The van der Waals surface area contributed by atoms with Gasteiger partial charge in [-0.1, -0.05) is 45.9 Å². The van der Waals surface area contributed by atoms with E-state index in [1.165, 1.54) is 23.6 Å². The van der Waals surface area contributed by atoms with E-state index in [1.807, 2.05) is 12.1 Å². The Morgan fingerprint density at radius 2 is 1.50 bits per heavy atom. The van der Waals surface area contributed by atoms with Crippen molar-refractivity contribution in [3.63, 3.8) is 0 Å². The molecule has 0 aliphatic carbocycles. The maximum atomic E-state index is 12.9. The van der Waals surface area contributed by atoms with Gasteiger partial charge in [-0.2, -0.15) is 0 Å². The van der Waals surface area contributed by atoms with E-state index in [0.29, 0.717) is 45.6 Å². The Morgan fingerprint density at radius 1 is 0.800 bits per heavy atom. The second-order valence-corrected chi connectivity index (χ2v) is 18.7. The van der Waals surface area contributed by atoms with Crippen LogP contribution in [0.5, 0.6) is 0 Å². The fourth-order valence-corrected chi connectivity index (χ4v) is 8.70. The molecule has 0 bridgehead atoms. The van der Waals surface area contributed by atoms with Crippen LogP contribution in [-0.4, -0.2) is 143 Å². The maximum Gasteiger partial charge on any atom is 0.242 e. The lowest BCUT2D eigenvalue weighted by Gasteiger charge is -2.28. The van der Waals surface area contributed by atoms with Gasteiger partial charge in [-0.15, -0.1) is 11.8 Å². The van der Waals surface area contributed by atoms with Crippen molar-refractivity contribution in [2.75, 3.05) is 65.0 Å². The van der Waals surface area contributed by atoms with Gasteiger partial charge in [0.25, 0.3) is 0 Å². The molecule has 1 aromatic carbocycles. The van der Waals surface area contributed by atoms with Crippen molar-refractivity contribution in [2.45, 2.75) is 87.4 Å². The molecule has 0 radical (unpaired) electrons. The van der Waals surface area contributed by atoms with Gasteiger partial charge in [0.05, 0.1) is 31.7 Å². The summed E-state index contributed by atoms with van der Waals surface area (Å²) in [7, 11) is 3.11. The minimum atomic E-state index is -0.667. The fraction of sp³-hybridized carbons (Fsp3) is 0.610. The summed E-state index contributed by atoms with van der Waals surface area (Å²) >= 11 is 1.18. The van der Waals surface area contributed by atoms with E-state index in [2.05, 4.69) is 5.32 Å². The monoisotopic (exact) mass is 891 g/mol. The van der Waals surface area contributed by atoms with E-state index in [9.17, 15) is 47.9 Å². The molecule has 19 heteroatoms. The van der Waals surface area contributed by atoms with E-state index >= 15 is 0 Å². The Balaban J connectivity index is 1.01. The van der Waals surface area contributed by atoms with E-state index in [1.54, 1.807) is 33.7 Å². The van der Waals surface area contributed by atoms with Crippen molar-refractivity contribution >= 4 is 91.8 Å². The number of nitrogens with one attached hydrogen (secondary N) is 1. The third-order valence-electron chi connectivity index (χ3n) is 9.90. The first-order valence-electron chi connectivity index (χ1n) is 20.1. The zero-order chi connectivity index (χ0) is 43.4. The Kier molecular flexibility index (Phi) is 21.1. The van der Waals surface area contributed by atoms with Gasteiger partial charge < -0.3 is 19.5 Å². The first-order chi connectivity index (χ1) is 28.8. The smallest absolute Gasteiger partial charge is 0.242 e. The molecule has 3 fully saturated rings. The number of Topliss-reactive ketones (excluding diaryl/α,β-unsaturated/α-hetero) is 5. The molecule has 3 aliphatic heterocycles. The SMILES string of the molecule is CC(=O)[C@@H](CCC(=O)COCC(=O)Cc1ccc(CCC(=O)N2CCC2=O)cc1)CC(=O)CCSC1CC(=O)N(CCC(=O)NCCOCCOCCC(=O)C2SS2)C1=O. The molecule has 1 N–H and O–H groups in total. The number of carbonyl (C=O) groups excluding carboxylic acids is 10. The molecule has 3 heterocycles. The lowest BCUT2D eigenvalue weighted by Crippen LogP contribution is -2.47. The van der Waals surface area contributed by atoms with Crippen LogP contribution in [0.15, 0.2) is 24.3 Å². The minimum Gasteiger partial charge on any atom is -0.379 e. The van der Waals surface area contributed by atoms with Crippen molar-refractivity contribution in [2.24, 2.45) is 5.92 Å². The largest absolute Gasteiger partial charge is 0.379 e. The average Bonchev–Trinajstić information content (AvgIpc) is 4.02. The first kappa shape index (κ1) is 48.9. The van der Waals surface area contributed by atoms with Gasteiger partial charge in [0.15, 0.2) is 17.3 Å². The van der Waals surface area contributed by atoms with Gasteiger partial charge in [-0.05, 0) is 30.9 Å². The maximum absolute atomic E-state index is 12.9. The van der Waals surface area contributed by atoms with Crippen molar-refractivity contribution in [3.05, 3.63) is 35.4 Å². The summed E-state index contributed by atoms with van der Waals surface area (Å²) in [4.78, 5) is 125. The molecule has 16 nitrogen and oxygen atoms in total. The van der Waals surface area contributed by atoms with E-state index in [-0.39, 0.29) is 147 Å². The normalized spacial score (nSPS) is 16.8. The van der Waals surface area contributed by atoms with Crippen LogP contribution in [-0.2, 0) is 75.0 Å². The number of likely N-dealkylation sites (tertiary alicyclic amines) is 2. The summed E-state index contributed by atoms with van der Waals surface area (Å²) in [6.07, 6.45) is 1.68. The highest BCUT2D eigenvalue weighted by atomic mass is 33.2. The molecule has 60 heavy (non-hydrogen) atoms. The third kappa shape index (κ3) is 17.7. The zero-order valence-electron chi connectivity index (χ0n) is 33.8. The molecule has 5 amide bonds. The van der Waals surface area contributed by atoms with Crippen LogP contribution in [0, 0.1) is 5.92 Å². The third-order valence-corrected chi connectivity index (χ3v) is 13.2. The molecule has 1 aromatic rings. The van der Waals surface area contributed by atoms with Crippen LogP contribution < -0.4 is 5.32 Å². The van der Waals surface area contributed by atoms with E-state index in [0.717, 1.165) is 16.0 Å². The van der Waals surface area contributed by atoms with Crippen molar-refractivity contribution in [1.82, 2.24) is 15.1 Å². The number of ether oxygens (including phenoxy) is 3. The Labute approximate surface area is 361 Å². The molecule has 3 aliphatic rings. The summed E-state index contributed by atoms with van der Waals surface area (Å²) in [5.41, 5.74) is 1.66. The number of imide groups is 2. The van der Waals surface area contributed by atoms with Crippen molar-refractivity contribution in [3.8, 4) is 0 Å². The van der Waals surface area contributed by atoms with Gasteiger partial charge in [0.2, 0.25) is 29.5 Å². The second kappa shape index (κ2) is 25.9. The summed E-state index contributed by atoms with van der Waals surface area (Å²) in [6, 6.07) is 7.23. The number of carbonyl (C=O) groups is 10. The molecule has 0 aromatic heterocycles. The first-order valence-corrected chi connectivity index (χ1v) is 23.4. The predicted molar refractivity (Wildman–Crippen MR) is 224 cm³/mol. The van der Waals surface area contributed by atoms with Crippen LogP contribution in [0.25, 0.3) is 0 Å². The standard InChI is InChI=1S/C41H53N3O13S3/c1-27(45)30(7-8-32(47)25-57-26-33(48)22-29-4-2-28(3-5-29)6-9-37(51)43-16-11-38(43)52)23-31(46)13-21-58-35-24-39(53)44(40(35)54)15-10-36(50)42-14-18-56-20-19-55-17-12-34(49)41-59-60-41/h2-5,30,35,41H,6-26H2,1H3,(H,42,50)/t30-,35?/m0/s1. The van der Waals surface area contributed by atoms with Crippen LogP contribution in [0.4, 0.5) is 0 Å². The number of hydrogen-bond acceptors (Lipinski definition) is 16. The molecule has 3 saturated heterocycles. The van der Waals surface area contributed by atoms with Crippen LogP contribution >= 0.6 is 33.3 Å². The summed E-state index contributed by atoms with van der Waals surface area (Å²) in [6.45, 7) is 2.71. The molecular formula is C41H53N3O13S3. The highest BCUT2D eigenvalue weighted by molar-refractivity contribution is 8.93. The molecular weight excluding hydrogens is 839 g/mol. The lowest BCUT2D eigenvalue weighted by molar-refractivity contribution is -0.152. The number of thioether (sulfide) groups is 1. The topological polar surface area (TPSA) is 217 Å². The van der Waals surface area contributed by atoms with Gasteiger partial charge in [-0.25, -0.2) is 0 Å². The van der Waals surface area contributed by atoms with Gasteiger partial charge in [-0.3, -0.25) is 57.7 Å². The van der Waals surface area contributed by atoms with Crippen molar-refractivity contribution in [1.29, 1.82) is 0 Å². The highest BCUT2D eigenvalue weighted by Crippen LogP contribution is 2.53. The lowest BCUT2D eigenvalue weighted by atomic mass is 9.92. The number of aryl methyl sites for hydroxylation is 1. The number of amides is 5. The summed E-state index contributed by atoms with van der Waals surface area (Å²) in [5.74, 6) is -2.66. The molecule has 1 unspecified atom stereocenters. The van der Waals surface area contributed by atoms with E-state index < -0.39 is 17.1 Å². The molecule has 2 atom stereocenters. The second-order valence-electron chi connectivity index (χ2n) is 14.6. The van der Waals surface area contributed by atoms with Gasteiger partial charge in [0, 0.05) is 89.1 Å². The van der Waals surface area contributed by atoms with Crippen molar-refractivity contribution < 1.29 is 62.2 Å². The van der Waals surface area contributed by atoms with Gasteiger partial charge >= 0.3 is 0 Å². The highest BCUT2D eigenvalue weighted by Gasteiger charge is 2.39. The predicted octanol–water partition coefficient (Wildman–Crippen LogP) is 2.49. The molecule has 0 spiro atoms. The van der Waals surface area contributed by atoms with Gasteiger partial charge in [0.1, 0.15) is 29.4 Å². The van der Waals surface area contributed by atoms with Crippen LogP contribution in [0.3, 0.4) is 0 Å². The Morgan fingerprint density at radius 3 is 2.17 bits per heavy atom. The van der Waals surface area contributed by atoms with Crippen LogP contribution in [0.2, 0.25) is 0 Å². The molecule has 0 saturated carbocycles. The summed E-state index contributed by atoms with van der Waals surface area (Å²) < 4.78 is 16.2. The number of rotatable bonds is 32. The number of ketones is 5. The minimum absolute atomic E-state index is 0.00375. The quantitative estimate of drug-likeness (QED) is 0.0361. The zero-order valence-corrected chi connectivity index (χ0v) is 36.3. The number of hydrogen-bond donors (Lipinski definition) is 1. The molecule has 328 valence electrons. The number of β-lactam (4-membered cyclic amide) rings is 1. The Bertz CT molecular complexity index is 1740.